The van der Waals surface area contributed by atoms with Gasteiger partial charge in [0.2, 0.25) is 5.91 Å². The van der Waals surface area contributed by atoms with Gasteiger partial charge in [0, 0.05) is 21.4 Å². The molecular weight excluding hydrogens is 472 g/mol. The van der Waals surface area contributed by atoms with E-state index in [0.29, 0.717) is 11.0 Å². The number of para-hydroxylation sites is 2. The highest BCUT2D eigenvalue weighted by Gasteiger charge is 2.23. The molecular formula is C24H21BrN4OS. The molecule has 0 radical (unpaired) electrons. The van der Waals surface area contributed by atoms with Crippen LogP contribution in [0.5, 0.6) is 0 Å². The van der Waals surface area contributed by atoms with E-state index >= 15 is 0 Å². The number of amides is 1. The number of rotatable bonds is 6. The third kappa shape index (κ3) is 4.73. The Kier molecular flexibility index (Phi) is 6.53. The summed E-state index contributed by atoms with van der Waals surface area (Å²) in [6.45, 7) is 3.85. The molecule has 1 N–H and O–H groups in total. The van der Waals surface area contributed by atoms with E-state index < -0.39 is 0 Å². The van der Waals surface area contributed by atoms with Crippen LogP contribution in [0.2, 0.25) is 0 Å². The highest BCUT2D eigenvalue weighted by molar-refractivity contribution is 9.10. The van der Waals surface area contributed by atoms with Crippen LogP contribution < -0.4 is 5.32 Å². The first-order valence-corrected chi connectivity index (χ1v) is 11.5. The average Bonchev–Trinajstić information content (AvgIpc) is 3.19. The Labute approximate surface area is 194 Å². The minimum absolute atomic E-state index is 0.0793. The van der Waals surface area contributed by atoms with Crippen molar-refractivity contribution in [3.8, 4) is 17.1 Å². The molecule has 0 saturated heterocycles. The fraction of sp³-hybridized carbons (Fsp3) is 0.125. The van der Waals surface area contributed by atoms with Crippen LogP contribution in [0.3, 0.4) is 0 Å². The van der Waals surface area contributed by atoms with Crippen molar-refractivity contribution in [1.82, 2.24) is 14.8 Å². The maximum atomic E-state index is 12.9. The Morgan fingerprint density at radius 2 is 1.65 bits per heavy atom. The number of hydrogen-bond donors (Lipinski definition) is 1. The van der Waals surface area contributed by atoms with Crippen molar-refractivity contribution in [3.05, 3.63) is 88.9 Å². The number of benzene rings is 3. The van der Waals surface area contributed by atoms with Crippen molar-refractivity contribution >= 4 is 39.3 Å². The number of nitrogens with one attached hydrogen (secondary N) is 1. The van der Waals surface area contributed by atoms with Gasteiger partial charge in [-0.1, -0.05) is 82.3 Å². The van der Waals surface area contributed by atoms with Gasteiger partial charge in [0.15, 0.2) is 11.0 Å². The van der Waals surface area contributed by atoms with Gasteiger partial charge in [0.25, 0.3) is 0 Å². The van der Waals surface area contributed by atoms with Gasteiger partial charge in [0.05, 0.1) is 5.25 Å². The summed E-state index contributed by atoms with van der Waals surface area (Å²) in [5.41, 5.74) is 3.71. The summed E-state index contributed by atoms with van der Waals surface area (Å²) in [4.78, 5) is 12.9. The normalized spacial score (nSPS) is 11.8. The number of aryl methyl sites for hydroxylation is 1. The molecule has 1 heterocycles. The zero-order valence-electron chi connectivity index (χ0n) is 17.1. The van der Waals surface area contributed by atoms with Crippen molar-refractivity contribution < 1.29 is 4.79 Å². The summed E-state index contributed by atoms with van der Waals surface area (Å²) in [6.07, 6.45) is 0. The number of aromatic nitrogens is 3. The summed E-state index contributed by atoms with van der Waals surface area (Å²) in [6, 6.07) is 25.6. The van der Waals surface area contributed by atoms with Gasteiger partial charge in [-0.05, 0) is 43.7 Å². The SMILES string of the molecule is Cc1ccccc1NC(=O)[C@H](C)Sc1nnc(-c2ccccc2Br)n1-c1ccccc1. The maximum Gasteiger partial charge on any atom is 0.237 e. The van der Waals surface area contributed by atoms with Gasteiger partial charge in [-0.2, -0.15) is 0 Å². The molecule has 0 spiro atoms. The van der Waals surface area contributed by atoms with E-state index in [0.717, 1.165) is 27.0 Å². The van der Waals surface area contributed by atoms with E-state index in [2.05, 4.69) is 31.4 Å². The van der Waals surface area contributed by atoms with Crippen LogP contribution in [-0.4, -0.2) is 25.9 Å². The highest BCUT2D eigenvalue weighted by Crippen LogP contribution is 2.33. The predicted octanol–water partition coefficient (Wildman–Crippen LogP) is 6.12. The summed E-state index contributed by atoms with van der Waals surface area (Å²) in [5, 5.41) is 12.2. The zero-order valence-corrected chi connectivity index (χ0v) is 19.5. The molecule has 0 saturated carbocycles. The monoisotopic (exact) mass is 492 g/mol. The van der Waals surface area contributed by atoms with E-state index in [9.17, 15) is 4.79 Å². The van der Waals surface area contributed by atoms with E-state index in [1.165, 1.54) is 11.8 Å². The average molecular weight is 493 g/mol. The lowest BCUT2D eigenvalue weighted by Gasteiger charge is -2.15. The van der Waals surface area contributed by atoms with Crippen molar-refractivity contribution in [2.75, 3.05) is 5.32 Å². The number of halogens is 1. The summed E-state index contributed by atoms with van der Waals surface area (Å²) in [5.74, 6) is 0.636. The van der Waals surface area contributed by atoms with Crippen molar-refractivity contribution in [2.45, 2.75) is 24.3 Å². The second-order valence-corrected chi connectivity index (χ2v) is 9.18. The number of anilines is 1. The fourth-order valence-electron chi connectivity index (χ4n) is 3.13. The highest BCUT2D eigenvalue weighted by atomic mass is 79.9. The Hall–Kier alpha value is -2.90. The van der Waals surface area contributed by atoms with Crippen LogP contribution in [0.15, 0.2) is 88.5 Å². The van der Waals surface area contributed by atoms with Gasteiger partial charge in [-0.15, -0.1) is 10.2 Å². The lowest BCUT2D eigenvalue weighted by molar-refractivity contribution is -0.115. The second-order valence-electron chi connectivity index (χ2n) is 7.02. The molecule has 4 aromatic rings. The molecule has 3 aromatic carbocycles. The lowest BCUT2D eigenvalue weighted by atomic mass is 10.2. The smallest absolute Gasteiger partial charge is 0.237 e. The van der Waals surface area contributed by atoms with Crippen molar-refractivity contribution in [3.63, 3.8) is 0 Å². The summed E-state index contributed by atoms with van der Waals surface area (Å²) >= 11 is 5.00. The van der Waals surface area contributed by atoms with Crippen LogP contribution in [0.1, 0.15) is 12.5 Å². The first-order valence-electron chi connectivity index (χ1n) is 9.83. The molecule has 7 heteroatoms. The van der Waals surface area contributed by atoms with Crippen LogP contribution >= 0.6 is 27.7 Å². The van der Waals surface area contributed by atoms with E-state index in [4.69, 9.17) is 0 Å². The molecule has 0 aliphatic rings. The minimum Gasteiger partial charge on any atom is -0.325 e. The van der Waals surface area contributed by atoms with Gasteiger partial charge in [0.1, 0.15) is 0 Å². The van der Waals surface area contributed by atoms with Gasteiger partial charge >= 0.3 is 0 Å². The molecule has 1 atom stereocenters. The first kappa shape index (κ1) is 21.3. The summed E-state index contributed by atoms with van der Waals surface area (Å²) < 4.78 is 2.92. The molecule has 1 aromatic heterocycles. The minimum atomic E-state index is -0.363. The largest absolute Gasteiger partial charge is 0.325 e. The van der Waals surface area contributed by atoms with Crippen LogP contribution in [0.4, 0.5) is 5.69 Å². The van der Waals surface area contributed by atoms with E-state index in [-0.39, 0.29) is 11.2 Å². The van der Waals surface area contributed by atoms with Gasteiger partial charge < -0.3 is 5.32 Å². The fourth-order valence-corrected chi connectivity index (χ4v) is 4.46. The topological polar surface area (TPSA) is 59.8 Å². The number of carbonyl (C=O) groups is 1. The van der Waals surface area contributed by atoms with Crippen LogP contribution in [0.25, 0.3) is 17.1 Å². The molecule has 0 bridgehead atoms. The molecule has 0 fully saturated rings. The second kappa shape index (κ2) is 9.49. The molecule has 0 aliphatic carbocycles. The third-order valence-corrected chi connectivity index (χ3v) is 6.55. The molecule has 156 valence electrons. The molecule has 4 rings (SSSR count). The first-order chi connectivity index (χ1) is 15.0. The Balaban J connectivity index is 1.66. The van der Waals surface area contributed by atoms with Crippen molar-refractivity contribution in [2.24, 2.45) is 0 Å². The molecule has 5 nitrogen and oxygen atoms in total. The van der Waals surface area contributed by atoms with Gasteiger partial charge in [-0.3, -0.25) is 9.36 Å². The van der Waals surface area contributed by atoms with Crippen LogP contribution in [-0.2, 0) is 4.79 Å². The zero-order chi connectivity index (χ0) is 21.8. The Morgan fingerprint density at radius 1 is 0.968 bits per heavy atom. The number of hydrogen-bond acceptors (Lipinski definition) is 4. The van der Waals surface area contributed by atoms with Crippen molar-refractivity contribution in [1.29, 1.82) is 0 Å². The molecule has 31 heavy (non-hydrogen) atoms. The number of thioether (sulfide) groups is 1. The van der Waals surface area contributed by atoms with E-state index in [1.54, 1.807) is 0 Å². The number of carbonyl (C=O) groups excluding carboxylic acids is 1. The Bertz CT molecular complexity index is 1210. The standard InChI is InChI=1S/C24H21BrN4OS/c1-16-10-6-9-15-21(16)26-23(30)17(2)31-24-28-27-22(19-13-7-8-14-20(19)25)29(24)18-11-4-3-5-12-18/h3-15,17H,1-2H3,(H,26,30)/t17-/m0/s1. The number of nitrogens with zero attached hydrogens (tertiary/aromatic N) is 3. The lowest BCUT2D eigenvalue weighted by Crippen LogP contribution is -2.23. The van der Waals surface area contributed by atoms with Gasteiger partial charge in [-0.25, -0.2) is 0 Å². The molecule has 0 unspecified atom stereocenters. The Morgan fingerprint density at radius 3 is 2.39 bits per heavy atom. The maximum absolute atomic E-state index is 12.9. The van der Waals surface area contributed by atoms with Crippen LogP contribution in [0, 0.1) is 6.92 Å². The molecule has 1 amide bonds. The quantitative estimate of drug-likeness (QED) is 0.329. The third-order valence-electron chi connectivity index (χ3n) is 4.82. The van der Waals surface area contributed by atoms with E-state index in [1.807, 2.05) is 97.3 Å². The summed E-state index contributed by atoms with van der Waals surface area (Å²) in [7, 11) is 0. The predicted molar refractivity (Wildman–Crippen MR) is 130 cm³/mol. The molecule has 0 aliphatic heterocycles.